The second-order valence-corrected chi connectivity index (χ2v) is 9.65. The van der Waals surface area contributed by atoms with Gasteiger partial charge in [-0.1, -0.05) is 78.0 Å². The highest BCUT2D eigenvalue weighted by Gasteiger charge is 2.16. The number of nitrogens with zero attached hydrogens (tertiary/aromatic N) is 7. The molecule has 8 nitrogen and oxygen atoms in total. The van der Waals surface area contributed by atoms with Gasteiger partial charge in [0.15, 0.2) is 0 Å². The van der Waals surface area contributed by atoms with Gasteiger partial charge in [0.2, 0.25) is 5.16 Å². The molecule has 0 aliphatic rings. The van der Waals surface area contributed by atoms with E-state index >= 15 is 0 Å². The molecule has 1 N–H and O–H groups in total. The molecule has 0 unspecified atom stereocenters. The summed E-state index contributed by atoms with van der Waals surface area (Å²) in [6, 6.07) is 24.3. The first-order valence-electron chi connectivity index (χ1n) is 11.8. The van der Waals surface area contributed by atoms with Crippen LogP contribution < -0.4 is 5.32 Å². The molecule has 2 heterocycles. The van der Waals surface area contributed by atoms with Gasteiger partial charge in [-0.15, -0.1) is 5.10 Å². The molecule has 0 fully saturated rings. The molecule has 0 amide bonds. The van der Waals surface area contributed by atoms with Crippen molar-refractivity contribution >= 4 is 23.4 Å². The maximum atomic E-state index is 14.3. The van der Waals surface area contributed by atoms with Crippen LogP contribution in [0.5, 0.6) is 0 Å². The highest BCUT2D eigenvalue weighted by atomic mass is 35.5. The molecule has 2 aromatic heterocycles. The van der Waals surface area contributed by atoms with Gasteiger partial charge in [0.1, 0.15) is 17.2 Å². The molecule has 0 saturated heterocycles. The van der Waals surface area contributed by atoms with Crippen molar-refractivity contribution in [3.63, 3.8) is 0 Å². The van der Waals surface area contributed by atoms with Crippen LogP contribution in [0.2, 0.25) is 5.02 Å². The molecule has 0 atom stereocenters. The fraction of sp³-hybridized carbons (Fsp3) is 0.192. The lowest BCUT2D eigenvalue weighted by molar-refractivity contribution is 0.543. The fourth-order valence-corrected chi connectivity index (χ4v) is 4.84. The summed E-state index contributed by atoms with van der Waals surface area (Å²) < 4.78 is 16.1. The second-order valence-electron chi connectivity index (χ2n) is 8.18. The highest BCUT2D eigenvalue weighted by molar-refractivity contribution is 7.99. The van der Waals surface area contributed by atoms with Crippen molar-refractivity contribution in [2.24, 2.45) is 0 Å². The number of benzene rings is 3. The van der Waals surface area contributed by atoms with Crippen LogP contribution in [-0.2, 0) is 13.1 Å². The van der Waals surface area contributed by atoms with Crippen LogP contribution in [-0.4, -0.2) is 47.5 Å². The Morgan fingerprint density at radius 2 is 1.70 bits per heavy atom. The Morgan fingerprint density at radius 1 is 0.919 bits per heavy atom. The van der Waals surface area contributed by atoms with Crippen LogP contribution in [0.4, 0.5) is 4.39 Å². The molecule has 0 bridgehead atoms. The molecule has 37 heavy (non-hydrogen) atoms. The third-order valence-corrected chi connectivity index (χ3v) is 6.96. The lowest BCUT2D eigenvalue weighted by atomic mass is 10.1. The van der Waals surface area contributed by atoms with Gasteiger partial charge in [-0.3, -0.25) is 0 Å². The molecule has 0 spiro atoms. The standard InChI is InChI=1S/C26H24ClFN8S/c27-22-13-7-14-23(28)21(22)18-35-31-24(25(32-35)19-9-3-1-4-10-19)17-29-15-8-16-37-26-30-33-34-36(26)20-11-5-2-6-12-20/h1-7,9-14,29H,8,15-18H2. The Morgan fingerprint density at radius 3 is 2.49 bits per heavy atom. The number of para-hydroxylation sites is 1. The molecule has 0 aliphatic heterocycles. The number of hydrogen-bond donors (Lipinski definition) is 1. The Kier molecular flexibility index (Phi) is 8.19. The minimum Gasteiger partial charge on any atom is -0.311 e. The summed E-state index contributed by atoms with van der Waals surface area (Å²) in [6.45, 7) is 1.46. The zero-order valence-electron chi connectivity index (χ0n) is 19.8. The van der Waals surface area contributed by atoms with E-state index in [0.29, 0.717) is 17.1 Å². The van der Waals surface area contributed by atoms with Crippen molar-refractivity contribution < 1.29 is 4.39 Å². The van der Waals surface area contributed by atoms with Gasteiger partial charge in [0.05, 0.1) is 12.2 Å². The number of hydrogen-bond acceptors (Lipinski definition) is 7. The van der Waals surface area contributed by atoms with Gasteiger partial charge < -0.3 is 5.32 Å². The normalized spacial score (nSPS) is 11.2. The summed E-state index contributed by atoms with van der Waals surface area (Å²) in [5, 5.41) is 25.9. The number of rotatable bonds is 11. The van der Waals surface area contributed by atoms with E-state index in [4.69, 9.17) is 11.6 Å². The van der Waals surface area contributed by atoms with Crippen LogP contribution in [0.15, 0.2) is 84.0 Å². The molecule has 11 heteroatoms. The lowest BCUT2D eigenvalue weighted by Crippen LogP contribution is -2.16. The zero-order chi connectivity index (χ0) is 25.5. The van der Waals surface area contributed by atoms with E-state index < -0.39 is 0 Å². The van der Waals surface area contributed by atoms with Crippen LogP contribution >= 0.6 is 23.4 Å². The van der Waals surface area contributed by atoms with Crippen molar-refractivity contribution in [3.05, 3.63) is 101 Å². The molecular formula is C26H24ClFN8S. The summed E-state index contributed by atoms with van der Waals surface area (Å²) in [5.74, 6) is 0.478. The molecule has 0 radical (unpaired) electrons. The van der Waals surface area contributed by atoms with Crippen molar-refractivity contribution in [2.75, 3.05) is 12.3 Å². The highest BCUT2D eigenvalue weighted by Crippen LogP contribution is 2.23. The number of thioether (sulfide) groups is 1. The van der Waals surface area contributed by atoms with Gasteiger partial charge in [0, 0.05) is 28.4 Å². The monoisotopic (exact) mass is 534 g/mol. The smallest absolute Gasteiger partial charge is 0.214 e. The largest absolute Gasteiger partial charge is 0.311 e. The van der Waals surface area contributed by atoms with E-state index in [-0.39, 0.29) is 12.4 Å². The maximum Gasteiger partial charge on any atom is 0.214 e. The van der Waals surface area contributed by atoms with Gasteiger partial charge in [0.25, 0.3) is 0 Å². The molecule has 5 rings (SSSR count). The third kappa shape index (κ3) is 6.22. The van der Waals surface area contributed by atoms with Gasteiger partial charge in [-0.25, -0.2) is 4.39 Å². The Bertz CT molecular complexity index is 1420. The fourth-order valence-electron chi connectivity index (χ4n) is 3.78. The summed E-state index contributed by atoms with van der Waals surface area (Å²) >= 11 is 7.83. The summed E-state index contributed by atoms with van der Waals surface area (Å²) in [4.78, 5) is 1.50. The third-order valence-electron chi connectivity index (χ3n) is 5.60. The SMILES string of the molecule is Fc1cccc(Cl)c1Cn1nc(CNCCCSc2nnnn2-c2ccccc2)c(-c2ccccc2)n1. The summed E-state index contributed by atoms with van der Waals surface area (Å²) in [5.41, 5.74) is 3.80. The average molecular weight is 535 g/mol. The van der Waals surface area contributed by atoms with E-state index in [1.165, 1.54) is 10.9 Å². The molecule has 5 aromatic rings. The molecule has 188 valence electrons. The van der Waals surface area contributed by atoms with Gasteiger partial charge >= 0.3 is 0 Å². The zero-order valence-corrected chi connectivity index (χ0v) is 21.4. The number of halogens is 2. The van der Waals surface area contributed by atoms with Crippen LogP contribution in [0.3, 0.4) is 0 Å². The van der Waals surface area contributed by atoms with Gasteiger partial charge in [-0.2, -0.15) is 19.7 Å². The quantitative estimate of drug-likeness (QED) is 0.188. The molecule has 0 saturated carbocycles. The average Bonchev–Trinajstić information content (AvgIpc) is 3.56. The number of aromatic nitrogens is 7. The van der Waals surface area contributed by atoms with Crippen molar-refractivity contribution in [3.8, 4) is 16.9 Å². The van der Waals surface area contributed by atoms with E-state index in [2.05, 4.69) is 31.0 Å². The van der Waals surface area contributed by atoms with E-state index in [0.717, 1.165) is 46.5 Å². The maximum absolute atomic E-state index is 14.3. The van der Waals surface area contributed by atoms with Crippen molar-refractivity contribution in [1.82, 2.24) is 40.5 Å². The Hall–Kier alpha value is -3.60. The summed E-state index contributed by atoms with van der Waals surface area (Å²) in [7, 11) is 0. The molecule has 3 aromatic carbocycles. The number of tetrazole rings is 1. The van der Waals surface area contributed by atoms with Crippen molar-refractivity contribution in [2.45, 2.75) is 24.7 Å². The molecular weight excluding hydrogens is 511 g/mol. The van der Waals surface area contributed by atoms with E-state index in [9.17, 15) is 4.39 Å². The first kappa shape index (κ1) is 25.1. The lowest BCUT2D eigenvalue weighted by Gasteiger charge is -2.05. The van der Waals surface area contributed by atoms with E-state index in [1.807, 2.05) is 60.7 Å². The minimum absolute atomic E-state index is 0.151. The number of nitrogens with one attached hydrogen (secondary N) is 1. The first-order valence-corrected chi connectivity index (χ1v) is 13.1. The van der Waals surface area contributed by atoms with Crippen LogP contribution in [0.25, 0.3) is 16.9 Å². The Balaban J connectivity index is 1.20. The first-order chi connectivity index (χ1) is 18.2. The van der Waals surface area contributed by atoms with Crippen molar-refractivity contribution in [1.29, 1.82) is 0 Å². The minimum atomic E-state index is -0.374. The van der Waals surface area contributed by atoms with Crippen LogP contribution in [0, 0.1) is 5.82 Å². The van der Waals surface area contributed by atoms with E-state index in [1.54, 1.807) is 28.6 Å². The summed E-state index contributed by atoms with van der Waals surface area (Å²) in [6.07, 6.45) is 0.909. The topological polar surface area (TPSA) is 86.3 Å². The predicted octanol–water partition coefficient (Wildman–Crippen LogP) is 5.03. The Labute approximate surface area is 222 Å². The van der Waals surface area contributed by atoms with Crippen LogP contribution in [0.1, 0.15) is 17.7 Å². The molecule has 0 aliphatic carbocycles. The van der Waals surface area contributed by atoms with Gasteiger partial charge in [-0.05, 0) is 47.7 Å². The second kappa shape index (κ2) is 12.1. The predicted molar refractivity (Wildman–Crippen MR) is 142 cm³/mol.